The van der Waals surface area contributed by atoms with E-state index in [9.17, 15) is 13.2 Å². The van der Waals surface area contributed by atoms with E-state index in [4.69, 9.17) is 0 Å². The van der Waals surface area contributed by atoms with Gasteiger partial charge in [-0.2, -0.15) is 0 Å². The highest BCUT2D eigenvalue weighted by atomic mass is 32.2. The normalized spacial score (nSPS) is 15.6. The van der Waals surface area contributed by atoms with Crippen molar-refractivity contribution in [2.24, 2.45) is 0 Å². The SMILES string of the molecule is CS(=O)(=O)N1CC(c2ccc(C(=O)NCc3ccn4ccnc4c3)cc2)C1. The Kier molecular flexibility index (Phi) is 4.45. The molecule has 27 heavy (non-hydrogen) atoms. The monoisotopic (exact) mass is 384 g/mol. The van der Waals surface area contributed by atoms with Crippen molar-refractivity contribution in [3.63, 3.8) is 0 Å². The molecule has 7 nitrogen and oxygen atoms in total. The highest BCUT2D eigenvalue weighted by molar-refractivity contribution is 7.88. The first-order valence-electron chi connectivity index (χ1n) is 8.65. The molecule has 0 unspecified atom stereocenters. The molecule has 8 heteroatoms. The van der Waals surface area contributed by atoms with Crippen LogP contribution in [0.3, 0.4) is 0 Å². The smallest absolute Gasteiger partial charge is 0.251 e. The zero-order valence-electron chi connectivity index (χ0n) is 14.9. The highest BCUT2D eigenvalue weighted by Gasteiger charge is 2.33. The number of benzene rings is 1. The number of sulfonamides is 1. The molecule has 1 aromatic carbocycles. The number of rotatable bonds is 5. The second-order valence-electron chi connectivity index (χ2n) is 6.81. The summed E-state index contributed by atoms with van der Waals surface area (Å²) in [6.45, 7) is 1.43. The third kappa shape index (κ3) is 3.72. The van der Waals surface area contributed by atoms with Gasteiger partial charge in [-0.3, -0.25) is 4.79 Å². The summed E-state index contributed by atoms with van der Waals surface area (Å²) in [6, 6.07) is 11.2. The lowest BCUT2D eigenvalue weighted by Crippen LogP contribution is -2.47. The van der Waals surface area contributed by atoms with Gasteiger partial charge in [0.05, 0.1) is 6.26 Å². The van der Waals surface area contributed by atoms with Gasteiger partial charge in [0, 0.05) is 49.7 Å². The van der Waals surface area contributed by atoms with E-state index in [1.807, 2.05) is 41.1 Å². The molecule has 1 N–H and O–H groups in total. The molecule has 0 atom stereocenters. The van der Waals surface area contributed by atoms with E-state index in [-0.39, 0.29) is 11.8 Å². The summed E-state index contributed by atoms with van der Waals surface area (Å²) in [5.41, 5.74) is 3.46. The van der Waals surface area contributed by atoms with Gasteiger partial charge in [0.2, 0.25) is 10.0 Å². The number of pyridine rings is 1. The predicted molar refractivity (Wildman–Crippen MR) is 102 cm³/mol. The zero-order valence-corrected chi connectivity index (χ0v) is 15.7. The van der Waals surface area contributed by atoms with Crippen LogP contribution in [0.15, 0.2) is 55.0 Å². The van der Waals surface area contributed by atoms with Crippen molar-refractivity contribution in [3.8, 4) is 0 Å². The summed E-state index contributed by atoms with van der Waals surface area (Å²) < 4.78 is 26.3. The Balaban J connectivity index is 1.35. The molecule has 1 fully saturated rings. The average Bonchev–Trinajstić information content (AvgIpc) is 3.05. The van der Waals surface area contributed by atoms with Crippen LogP contribution in [0.25, 0.3) is 5.65 Å². The number of amides is 1. The molecule has 0 aliphatic carbocycles. The van der Waals surface area contributed by atoms with E-state index in [0.717, 1.165) is 16.8 Å². The van der Waals surface area contributed by atoms with Gasteiger partial charge < -0.3 is 9.72 Å². The summed E-state index contributed by atoms with van der Waals surface area (Å²) in [5.74, 6) is 0.0502. The number of fused-ring (bicyclic) bond motifs is 1. The van der Waals surface area contributed by atoms with E-state index in [1.54, 1.807) is 18.3 Å². The van der Waals surface area contributed by atoms with Crippen LogP contribution in [-0.2, 0) is 16.6 Å². The van der Waals surface area contributed by atoms with Gasteiger partial charge in [-0.15, -0.1) is 0 Å². The van der Waals surface area contributed by atoms with E-state index in [0.29, 0.717) is 25.2 Å². The van der Waals surface area contributed by atoms with Crippen LogP contribution in [-0.4, -0.2) is 47.4 Å². The fourth-order valence-corrected chi connectivity index (χ4v) is 4.07. The topological polar surface area (TPSA) is 83.8 Å². The van der Waals surface area contributed by atoms with Crippen LogP contribution in [0.4, 0.5) is 0 Å². The summed E-state index contributed by atoms with van der Waals surface area (Å²) in [7, 11) is -3.11. The van der Waals surface area contributed by atoms with Gasteiger partial charge >= 0.3 is 0 Å². The largest absolute Gasteiger partial charge is 0.348 e. The van der Waals surface area contributed by atoms with Crippen LogP contribution in [0.2, 0.25) is 0 Å². The lowest BCUT2D eigenvalue weighted by Gasteiger charge is -2.37. The third-order valence-electron chi connectivity index (χ3n) is 4.88. The molecule has 0 bridgehead atoms. The molecular formula is C19H20N4O3S. The lowest BCUT2D eigenvalue weighted by atomic mass is 9.93. The van der Waals surface area contributed by atoms with E-state index >= 15 is 0 Å². The minimum Gasteiger partial charge on any atom is -0.348 e. The second kappa shape index (κ2) is 6.79. The molecule has 2 aromatic heterocycles. The minimum absolute atomic E-state index is 0.142. The van der Waals surface area contributed by atoms with E-state index in [1.165, 1.54) is 10.6 Å². The number of hydrogen-bond acceptors (Lipinski definition) is 4. The van der Waals surface area contributed by atoms with Crippen LogP contribution >= 0.6 is 0 Å². The van der Waals surface area contributed by atoms with Gasteiger partial charge in [0.1, 0.15) is 5.65 Å². The van der Waals surface area contributed by atoms with Gasteiger partial charge in [-0.1, -0.05) is 12.1 Å². The van der Waals surface area contributed by atoms with Crippen LogP contribution in [0, 0.1) is 0 Å². The Bertz CT molecular complexity index is 1080. The molecule has 1 amide bonds. The first-order valence-corrected chi connectivity index (χ1v) is 10.5. The maximum atomic E-state index is 12.4. The van der Waals surface area contributed by atoms with Crippen LogP contribution in [0.1, 0.15) is 27.4 Å². The maximum absolute atomic E-state index is 12.4. The number of nitrogens with zero attached hydrogens (tertiary/aromatic N) is 3. The Morgan fingerprint density at radius 1 is 1.19 bits per heavy atom. The van der Waals surface area contributed by atoms with E-state index in [2.05, 4.69) is 10.3 Å². The molecular weight excluding hydrogens is 364 g/mol. The standard InChI is InChI=1S/C19H20N4O3S/c1-27(25,26)23-12-17(13-23)15-2-4-16(5-3-15)19(24)21-11-14-6-8-22-9-7-20-18(22)10-14/h2-10,17H,11-13H2,1H3,(H,21,24). The summed E-state index contributed by atoms with van der Waals surface area (Å²) in [5, 5.41) is 2.91. The molecule has 0 radical (unpaired) electrons. The maximum Gasteiger partial charge on any atom is 0.251 e. The van der Waals surface area contributed by atoms with E-state index < -0.39 is 10.0 Å². The Labute approximate surface area is 157 Å². The van der Waals surface area contributed by atoms with Crippen molar-refractivity contribution < 1.29 is 13.2 Å². The number of carbonyl (C=O) groups is 1. The average molecular weight is 384 g/mol. The van der Waals surface area contributed by atoms with Crippen molar-refractivity contribution >= 4 is 21.6 Å². The molecule has 3 heterocycles. The molecule has 1 aliphatic rings. The van der Waals surface area contributed by atoms with Gasteiger partial charge in [-0.25, -0.2) is 17.7 Å². The van der Waals surface area contributed by atoms with Crippen LogP contribution in [0.5, 0.6) is 0 Å². The fourth-order valence-electron chi connectivity index (χ4n) is 3.17. The van der Waals surface area contributed by atoms with Crippen LogP contribution < -0.4 is 5.32 Å². The van der Waals surface area contributed by atoms with Crippen molar-refractivity contribution in [1.29, 1.82) is 0 Å². The summed E-state index contributed by atoms with van der Waals surface area (Å²) in [6.07, 6.45) is 6.74. The number of imidazole rings is 1. The van der Waals surface area contributed by atoms with Crippen molar-refractivity contribution in [1.82, 2.24) is 19.0 Å². The quantitative estimate of drug-likeness (QED) is 0.725. The number of aromatic nitrogens is 2. The van der Waals surface area contributed by atoms with Gasteiger partial charge in [0.25, 0.3) is 5.91 Å². The molecule has 3 aromatic rings. The van der Waals surface area contributed by atoms with Crippen molar-refractivity contribution in [2.45, 2.75) is 12.5 Å². The van der Waals surface area contributed by atoms with Crippen molar-refractivity contribution in [3.05, 3.63) is 71.7 Å². The van der Waals surface area contributed by atoms with Crippen molar-refractivity contribution in [2.75, 3.05) is 19.3 Å². The molecule has 1 aliphatic heterocycles. The number of carbonyl (C=O) groups excluding carboxylic acids is 1. The third-order valence-corrected chi connectivity index (χ3v) is 6.11. The fraction of sp³-hybridized carbons (Fsp3) is 0.263. The Morgan fingerprint density at radius 3 is 2.63 bits per heavy atom. The highest BCUT2D eigenvalue weighted by Crippen LogP contribution is 2.28. The summed E-state index contributed by atoms with van der Waals surface area (Å²) >= 11 is 0. The molecule has 140 valence electrons. The molecule has 4 rings (SSSR count). The zero-order chi connectivity index (χ0) is 19.0. The van der Waals surface area contributed by atoms with Gasteiger partial charge in [0.15, 0.2) is 0 Å². The molecule has 0 saturated carbocycles. The minimum atomic E-state index is -3.11. The lowest BCUT2D eigenvalue weighted by molar-refractivity contribution is 0.0951. The Hall–Kier alpha value is -2.71. The Morgan fingerprint density at radius 2 is 1.93 bits per heavy atom. The number of hydrogen-bond donors (Lipinski definition) is 1. The summed E-state index contributed by atoms with van der Waals surface area (Å²) in [4.78, 5) is 16.6. The van der Waals surface area contributed by atoms with Gasteiger partial charge in [-0.05, 0) is 35.4 Å². The first-order chi connectivity index (χ1) is 12.9. The molecule has 1 saturated heterocycles. The first kappa shape index (κ1) is 17.7. The number of nitrogens with one attached hydrogen (secondary N) is 1. The second-order valence-corrected chi connectivity index (χ2v) is 8.79. The predicted octanol–water partition coefficient (Wildman–Crippen LogP) is 1.62. The molecule has 0 spiro atoms.